The molecule has 0 spiro atoms. The van der Waals surface area contributed by atoms with Crippen LogP contribution >= 0.6 is 0 Å². The van der Waals surface area contributed by atoms with Gasteiger partial charge in [-0.2, -0.15) is 18.3 Å². The number of aromatic hydroxyl groups is 1. The number of fused-ring (bicyclic) bond motifs is 1. The van der Waals surface area contributed by atoms with Crippen LogP contribution in [0.2, 0.25) is 0 Å². The van der Waals surface area contributed by atoms with Gasteiger partial charge in [-0.3, -0.25) is 4.98 Å². The van der Waals surface area contributed by atoms with Gasteiger partial charge in [-0.1, -0.05) is 6.92 Å². The number of aryl methyl sites for hydroxylation is 1. The molecular weight excluding hydrogens is 407 g/mol. The molecule has 31 heavy (non-hydrogen) atoms. The summed E-state index contributed by atoms with van der Waals surface area (Å²) in [5.41, 5.74) is 1.97. The molecule has 162 valence electrons. The second-order valence-electron chi connectivity index (χ2n) is 7.57. The molecule has 3 heterocycles. The summed E-state index contributed by atoms with van der Waals surface area (Å²) < 4.78 is 42.9. The van der Waals surface area contributed by atoms with Gasteiger partial charge in [-0.15, -0.1) is 0 Å². The molecule has 1 aromatic carbocycles. The minimum atomic E-state index is -4.53. The lowest BCUT2D eigenvalue weighted by Gasteiger charge is -2.13. The Morgan fingerprint density at radius 2 is 2.00 bits per heavy atom. The average Bonchev–Trinajstić information content (AvgIpc) is 3.30. The molecule has 1 atom stereocenters. The number of hydrogen-bond acceptors (Lipinski definition) is 4. The maximum Gasteiger partial charge on any atom is 0.435 e. The number of nitrogens with one attached hydrogen (secondary N) is 1. The first-order valence-electron chi connectivity index (χ1n) is 9.79. The highest BCUT2D eigenvalue weighted by atomic mass is 19.4. The highest BCUT2D eigenvalue weighted by Crippen LogP contribution is 2.31. The first-order chi connectivity index (χ1) is 14.7. The van der Waals surface area contributed by atoms with E-state index in [1.54, 1.807) is 30.5 Å². The van der Waals surface area contributed by atoms with E-state index in [2.05, 4.69) is 15.4 Å². The van der Waals surface area contributed by atoms with E-state index in [1.807, 2.05) is 30.8 Å². The van der Waals surface area contributed by atoms with Crippen LogP contribution in [0.25, 0.3) is 16.6 Å². The van der Waals surface area contributed by atoms with Gasteiger partial charge in [0.05, 0.1) is 17.6 Å². The fraction of sp³-hybridized carbons (Fsp3) is 0.273. The number of nitrogens with zero attached hydrogens (tertiary/aromatic N) is 4. The Morgan fingerprint density at radius 3 is 2.71 bits per heavy atom. The maximum absolute atomic E-state index is 13.2. The van der Waals surface area contributed by atoms with Crippen molar-refractivity contribution in [3.8, 4) is 11.4 Å². The zero-order chi connectivity index (χ0) is 22.2. The van der Waals surface area contributed by atoms with Crippen molar-refractivity contribution >= 4 is 10.9 Å². The molecule has 9 heteroatoms. The lowest BCUT2D eigenvalue weighted by Crippen LogP contribution is -2.21. The number of phenolic OH excluding ortho intramolecular Hbond substituents is 1. The normalized spacial score (nSPS) is 13.1. The van der Waals surface area contributed by atoms with Crippen LogP contribution in [0.4, 0.5) is 13.2 Å². The van der Waals surface area contributed by atoms with Gasteiger partial charge in [0, 0.05) is 43.4 Å². The lowest BCUT2D eigenvalue weighted by atomic mass is 10.0. The number of rotatable bonds is 6. The van der Waals surface area contributed by atoms with Crippen LogP contribution in [0.15, 0.2) is 55.0 Å². The van der Waals surface area contributed by atoms with Crippen LogP contribution in [0.3, 0.4) is 0 Å². The molecule has 0 aliphatic rings. The molecule has 0 aliphatic carbocycles. The topological polar surface area (TPSA) is 67.9 Å². The first-order valence-corrected chi connectivity index (χ1v) is 9.79. The summed E-state index contributed by atoms with van der Waals surface area (Å²) in [6.07, 6.45) is 0.514. The van der Waals surface area contributed by atoms with Gasteiger partial charge < -0.3 is 15.0 Å². The summed E-state index contributed by atoms with van der Waals surface area (Å²) in [6, 6.07) is 9.61. The zero-order valence-corrected chi connectivity index (χ0v) is 17.1. The van der Waals surface area contributed by atoms with Crippen molar-refractivity contribution in [1.29, 1.82) is 0 Å². The molecule has 1 unspecified atom stereocenters. The van der Waals surface area contributed by atoms with E-state index in [4.69, 9.17) is 0 Å². The fourth-order valence-corrected chi connectivity index (χ4v) is 3.72. The molecule has 0 fully saturated rings. The van der Waals surface area contributed by atoms with E-state index >= 15 is 0 Å². The third kappa shape index (κ3) is 4.27. The van der Waals surface area contributed by atoms with Crippen LogP contribution in [0.1, 0.15) is 29.8 Å². The van der Waals surface area contributed by atoms with Crippen molar-refractivity contribution in [2.24, 2.45) is 7.05 Å². The Hall–Kier alpha value is -3.33. The second kappa shape index (κ2) is 8.07. The van der Waals surface area contributed by atoms with E-state index in [0.717, 1.165) is 22.5 Å². The molecule has 0 radical (unpaired) electrons. The van der Waals surface area contributed by atoms with E-state index in [-0.39, 0.29) is 18.2 Å². The molecular formula is C22H22F3N5O. The maximum atomic E-state index is 13.2. The van der Waals surface area contributed by atoms with Crippen LogP contribution in [0.5, 0.6) is 5.75 Å². The van der Waals surface area contributed by atoms with Gasteiger partial charge >= 0.3 is 6.18 Å². The number of phenols is 1. The number of aromatic nitrogens is 4. The molecule has 2 N–H and O–H groups in total. The summed E-state index contributed by atoms with van der Waals surface area (Å²) in [5, 5.41) is 17.8. The molecule has 0 saturated carbocycles. The van der Waals surface area contributed by atoms with Crippen molar-refractivity contribution in [2.45, 2.75) is 25.6 Å². The van der Waals surface area contributed by atoms with Crippen molar-refractivity contribution in [1.82, 2.24) is 24.6 Å². The largest absolute Gasteiger partial charge is 0.508 e. The fourth-order valence-electron chi connectivity index (χ4n) is 3.72. The van der Waals surface area contributed by atoms with E-state index in [1.165, 1.54) is 10.9 Å². The number of alkyl halides is 3. The predicted molar refractivity (Wildman–Crippen MR) is 111 cm³/mol. The van der Waals surface area contributed by atoms with E-state index in [0.29, 0.717) is 17.9 Å². The van der Waals surface area contributed by atoms with Crippen molar-refractivity contribution in [3.05, 3.63) is 71.9 Å². The smallest absolute Gasteiger partial charge is 0.435 e. The molecule has 0 aliphatic heterocycles. The van der Waals surface area contributed by atoms with Crippen LogP contribution in [0, 0.1) is 0 Å². The van der Waals surface area contributed by atoms with Crippen molar-refractivity contribution in [3.63, 3.8) is 0 Å². The molecule has 0 bridgehead atoms. The van der Waals surface area contributed by atoms with Crippen LogP contribution < -0.4 is 5.32 Å². The van der Waals surface area contributed by atoms with Gasteiger partial charge in [0.1, 0.15) is 5.75 Å². The Bertz CT molecular complexity index is 1200. The number of benzene rings is 1. The minimum Gasteiger partial charge on any atom is -0.508 e. The number of hydrogen-bond donors (Lipinski definition) is 2. The SMILES string of the molecule is CC(CNCc1cc(C(F)(F)F)nn1-c1cccnc1)c1cn(C)c2ccc(O)cc12. The van der Waals surface area contributed by atoms with Crippen molar-refractivity contribution in [2.75, 3.05) is 6.54 Å². The van der Waals surface area contributed by atoms with E-state index in [9.17, 15) is 18.3 Å². The van der Waals surface area contributed by atoms with Gasteiger partial charge in [0.25, 0.3) is 0 Å². The highest BCUT2D eigenvalue weighted by Gasteiger charge is 2.35. The summed E-state index contributed by atoms with van der Waals surface area (Å²) in [6.45, 7) is 2.78. The summed E-state index contributed by atoms with van der Waals surface area (Å²) in [7, 11) is 1.94. The Balaban J connectivity index is 1.53. The number of pyridine rings is 1. The number of halogens is 3. The van der Waals surface area contributed by atoms with Crippen molar-refractivity contribution < 1.29 is 18.3 Å². The average molecular weight is 429 g/mol. The first kappa shape index (κ1) is 20.9. The van der Waals surface area contributed by atoms with Crippen LogP contribution in [-0.4, -0.2) is 31.0 Å². The van der Waals surface area contributed by atoms with Crippen LogP contribution in [-0.2, 0) is 19.8 Å². The monoisotopic (exact) mass is 429 g/mol. The quantitative estimate of drug-likeness (QED) is 0.478. The third-order valence-corrected chi connectivity index (χ3v) is 5.26. The molecule has 0 saturated heterocycles. The standard InChI is InChI=1S/C22H22F3N5O/c1-14(19-13-29(2)20-6-5-17(31)9-18(19)20)10-27-12-16-8-21(22(23,24)25)28-30(16)15-4-3-7-26-11-15/h3-9,11,13-14,27,31H,10,12H2,1-2H3. The van der Waals surface area contributed by atoms with Gasteiger partial charge in [-0.05, 0) is 47.9 Å². The molecule has 6 nitrogen and oxygen atoms in total. The highest BCUT2D eigenvalue weighted by molar-refractivity contribution is 5.85. The van der Waals surface area contributed by atoms with Gasteiger partial charge in [0.2, 0.25) is 0 Å². The Kier molecular flexibility index (Phi) is 5.45. The molecule has 3 aromatic heterocycles. The Labute approximate surface area is 177 Å². The second-order valence-corrected chi connectivity index (χ2v) is 7.57. The van der Waals surface area contributed by atoms with Gasteiger partial charge in [-0.25, -0.2) is 4.68 Å². The Morgan fingerprint density at radius 1 is 1.19 bits per heavy atom. The minimum absolute atomic E-state index is 0.0716. The molecule has 0 amide bonds. The lowest BCUT2D eigenvalue weighted by molar-refractivity contribution is -0.141. The zero-order valence-electron chi connectivity index (χ0n) is 17.1. The summed E-state index contributed by atoms with van der Waals surface area (Å²) in [4.78, 5) is 3.97. The molecule has 4 rings (SSSR count). The van der Waals surface area contributed by atoms with Gasteiger partial charge in [0.15, 0.2) is 5.69 Å². The summed E-state index contributed by atoms with van der Waals surface area (Å²) >= 11 is 0. The van der Waals surface area contributed by atoms with E-state index < -0.39 is 11.9 Å². The third-order valence-electron chi connectivity index (χ3n) is 5.26. The molecule has 4 aromatic rings. The summed E-state index contributed by atoms with van der Waals surface area (Å²) in [5.74, 6) is 0.266. The predicted octanol–water partition coefficient (Wildman–Crippen LogP) is 4.38.